The standard InChI is InChI=1S/C22H29N5O2/c1-13(12-23-21(28)29-22(4,5)6)24-19-17-14(2)15(3)25-20(17)27-18(26-19)16-10-8-7-9-11-16/h7-11,13H,12H2,1-6H3,(H,23,28)(H2,24,25,26,27)/t13-/m1/s1. The number of ether oxygens (including phenoxy) is 1. The lowest BCUT2D eigenvalue weighted by molar-refractivity contribution is 0.0526. The number of amides is 1. The Morgan fingerprint density at radius 1 is 1.17 bits per heavy atom. The molecule has 0 unspecified atom stereocenters. The summed E-state index contributed by atoms with van der Waals surface area (Å²) in [6.07, 6.45) is -0.433. The van der Waals surface area contributed by atoms with Crippen LogP contribution in [-0.4, -0.2) is 39.2 Å². The maximum atomic E-state index is 11.9. The lowest BCUT2D eigenvalue weighted by Crippen LogP contribution is -2.38. The zero-order valence-electron chi connectivity index (χ0n) is 17.9. The molecule has 0 aliphatic rings. The Hall–Kier alpha value is -3.09. The van der Waals surface area contributed by atoms with E-state index >= 15 is 0 Å². The quantitative estimate of drug-likeness (QED) is 0.589. The molecule has 29 heavy (non-hydrogen) atoms. The first-order valence-electron chi connectivity index (χ1n) is 9.80. The second-order valence-corrected chi connectivity index (χ2v) is 8.29. The van der Waals surface area contributed by atoms with Gasteiger partial charge in [-0.2, -0.15) is 0 Å². The van der Waals surface area contributed by atoms with Gasteiger partial charge in [0.05, 0.1) is 5.39 Å². The third-order valence-electron chi connectivity index (χ3n) is 4.52. The summed E-state index contributed by atoms with van der Waals surface area (Å²) in [5.74, 6) is 1.39. The van der Waals surface area contributed by atoms with Gasteiger partial charge in [0, 0.05) is 23.8 Å². The number of rotatable bonds is 5. The number of benzene rings is 1. The molecule has 2 heterocycles. The van der Waals surface area contributed by atoms with Crippen molar-refractivity contribution in [1.29, 1.82) is 0 Å². The molecule has 3 N–H and O–H groups in total. The summed E-state index contributed by atoms with van der Waals surface area (Å²) in [6, 6.07) is 9.82. The Morgan fingerprint density at radius 2 is 1.86 bits per heavy atom. The number of carbonyl (C=O) groups excluding carboxylic acids is 1. The lowest BCUT2D eigenvalue weighted by atomic mass is 10.1. The first-order chi connectivity index (χ1) is 13.6. The summed E-state index contributed by atoms with van der Waals surface area (Å²) in [7, 11) is 0. The van der Waals surface area contributed by atoms with Crippen molar-refractivity contribution >= 4 is 22.9 Å². The Labute approximate surface area is 171 Å². The van der Waals surface area contributed by atoms with Gasteiger partial charge >= 0.3 is 6.09 Å². The number of fused-ring (bicyclic) bond motifs is 1. The summed E-state index contributed by atoms with van der Waals surface area (Å²) in [5, 5.41) is 7.19. The average molecular weight is 396 g/mol. The number of H-pyrrole nitrogens is 1. The molecule has 1 amide bonds. The molecule has 3 rings (SSSR count). The summed E-state index contributed by atoms with van der Waals surface area (Å²) in [4.78, 5) is 24.8. The first kappa shape index (κ1) is 20.6. The van der Waals surface area contributed by atoms with Crippen LogP contribution in [0.5, 0.6) is 0 Å². The average Bonchev–Trinajstić information content (AvgIpc) is 2.93. The molecule has 0 aliphatic carbocycles. The molecule has 7 nitrogen and oxygen atoms in total. The highest BCUT2D eigenvalue weighted by Gasteiger charge is 2.19. The number of alkyl carbamates (subject to hydrolysis) is 1. The third kappa shape index (κ3) is 5.04. The zero-order valence-corrected chi connectivity index (χ0v) is 17.9. The van der Waals surface area contributed by atoms with E-state index in [1.165, 1.54) is 0 Å². The topological polar surface area (TPSA) is 91.9 Å². The van der Waals surface area contributed by atoms with Gasteiger partial charge in [-0.3, -0.25) is 0 Å². The number of aryl methyl sites for hydroxylation is 2. The van der Waals surface area contributed by atoms with E-state index in [9.17, 15) is 4.79 Å². The largest absolute Gasteiger partial charge is 0.444 e. The minimum atomic E-state index is -0.524. The molecule has 1 aromatic carbocycles. The predicted octanol–water partition coefficient (Wildman–Crippen LogP) is 4.57. The van der Waals surface area contributed by atoms with Gasteiger partial charge in [-0.1, -0.05) is 30.3 Å². The van der Waals surface area contributed by atoms with Crippen molar-refractivity contribution in [1.82, 2.24) is 20.3 Å². The highest BCUT2D eigenvalue weighted by Crippen LogP contribution is 2.29. The van der Waals surface area contributed by atoms with Gasteiger partial charge in [0.25, 0.3) is 0 Å². The van der Waals surface area contributed by atoms with Gasteiger partial charge in [0.1, 0.15) is 17.1 Å². The van der Waals surface area contributed by atoms with Crippen LogP contribution in [0, 0.1) is 13.8 Å². The molecule has 3 aromatic rings. The maximum absolute atomic E-state index is 11.9. The molecule has 0 saturated heterocycles. The molecule has 0 fully saturated rings. The van der Waals surface area contributed by atoms with E-state index in [2.05, 4.69) is 22.5 Å². The molecule has 2 aromatic heterocycles. The van der Waals surface area contributed by atoms with Crippen molar-refractivity contribution < 1.29 is 9.53 Å². The van der Waals surface area contributed by atoms with Gasteiger partial charge in [0.2, 0.25) is 0 Å². The number of nitrogens with zero attached hydrogens (tertiary/aromatic N) is 2. The Balaban J connectivity index is 1.84. The Bertz CT molecular complexity index is 1010. The van der Waals surface area contributed by atoms with Crippen molar-refractivity contribution in [3.8, 4) is 11.4 Å². The van der Waals surface area contributed by atoms with Crippen LogP contribution in [0.3, 0.4) is 0 Å². The molecule has 0 radical (unpaired) electrons. The number of aromatic nitrogens is 3. The number of anilines is 1. The van der Waals surface area contributed by atoms with Crippen LogP contribution in [-0.2, 0) is 4.74 Å². The minimum absolute atomic E-state index is 0.0566. The fourth-order valence-corrected chi connectivity index (χ4v) is 3.02. The smallest absolute Gasteiger partial charge is 0.407 e. The van der Waals surface area contributed by atoms with Crippen molar-refractivity contribution in [2.45, 2.75) is 53.2 Å². The number of carbonyl (C=O) groups is 1. The van der Waals surface area contributed by atoms with E-state index in [-0.39, 0.29) is 6.04 Å². The summed E-state index contributed by atoms with van der Waals surface area (Å²) < 4.78 is 5.30. The molecule has 154 valence electrons. The van der Waals surface area contributed by atoms with Gasteiger partial charge in [0.15, 0.2) is 5.82 Å². The normalized spacial score (nSPS) is 12.6. The summed E-state index contributed by atoms with van der Waals surface area (Å²) in [6.45, 7) is 12.0. The zero-order chi connectivity index (χ0) is 21.2. The van der Waals surface area contributed by atoms with E-state index < -0.39 is 11.7 Å². The molecular formula is C22H29N5O2. The molecule has 1 atom stereocenters. The fourth-order valence-electron chi connectivity index (χ4n) is 3.02. The van der Waals surface area contributed by atoms with Crippen LogP contribution in [0.2, 0.25) is 0 Å². The van der Waals surface area contributed by atoms with E-state index in [1.807, 2.05) is 65.0 Å². The van der Waals surface area contributed by atoms with Gasteiger partial charge in [-0.05, 0) is 47.1 Å². The lowest BCUT2D eigenvalue weighted by Gasteiger charge is -2.21. The van der Waals surface area contributed by atoms with Crippen molar-refractivity contribution in [2.24, 2.45) is 0 Å². The van der Waals surface area contributed by atoms with Gasteiger partial charge < -0.3 is 20.4 Å². The number of hydrogen-bond acceptors (Lipinski definition) is 5. The SMILES string of the molecule is Cc1[nH]c2nc(-c3ccccc3)nc(N[C@H](C)CNC(=O)OC(C)(C)C)c2c1C. The number of aromatic amines is 1. The van der Waals surface area contributed by atoms with Gasteiger partial charge in [-0.25, -0.2) is 14.8 Å². The predicted molar refractivity (Wildman–Crippen MR) is 116 cm³/mol. The Morgan fingerprint density at radius 3 is 2.52 bits per heavy atom. The fraction of sp³-hybridized carbons (Fsp3) is 0.409. The van der Waals surface area contributed by atoms with Crippen molar-refractivity contribution in [3.63, 3.8) is 0 Å². The van der Waals surface area contributed by atoms with Crippen LogP contribution < -0.4 is 10.6 Å². The minimum Gasteiger partial charge on any atom is -0.444 e. The van der Waals surface area contributed by atoms with Crippen LogP contribution in [0.15, 0.2) is 30.3 Å². The van der Waals surface area contributed by atoms with E-state index in [0.717, 1.165) is 33.7 Å². The second kappa shape index (κ2) is 8.11. The summed E-state index contributed by atoms with van der Waals surface area (Å²) >= 11 is 0. The van der Waals surface area contributed by atoms with Crippen molar-refractivity contribution in [2.75, 3.05) is 11.9 Å². The van der Waals surface area contributed by atoms with Crippen LogP contribution in [0.4, 0.5) is 10.6 Å². The van der Waals surface area contributed by atoms with Crippen LogP contribution >= 0.6 is 0 Å². The van der Waals surface area contributed by atoms with E-state index in [1.54, 1.807) is 0 Å². The van der Waals surface area contributed by atoms with E-state index in [4.69, 9.17) is 14.7 Å². The van der Waals surface area contributed by atoms with Crippen LogP contribution in [0.25, 0.3) is 22.4 Å². The number of hydrogen-bond donors (Lipinski definition) is 3. The maximum Gasteiger partial charge on any atom is 0.407 e. The molecule has 0 aliphatic heterocycles. The Kier molecular flexibility index (Phi) is 5.77. The highest BCUT2D eigenvalue weighted by atomic mass is 16.6. The third-order valence-corrected chi connectivity index (χ3v) is 4.52. The van der Waals surface area contributed by atoms with Gasteiger partial charge in [-0.15, -0.1) is 0 Å². The molecule has 0 bridgehead atoms. The second-order valence-electron chi connectivity index (χ2n) is 8.29. The molecule has 0 spiro atoms. The monoisotopic (exact) mass is 395 g/mol. The first-order valence-corrected chi connectivity index (χ1v) is 9.80. The molecule has 7 heteroatoms. The number of nitrogens with one attached hydrogen (secondary N) is 3. The van der Waals surface area contributed by atoms with Crippen LogP contribution in [0.1, 0.15) is 39.0 Å². The van der Waals surface area contributed by atoms with Crippen molar-refractivity contribution in [3.05, 3.63) is 41.6 Å². The molecule has 0 saturated carbocycles. The van der Waals surface area contributed by atoms with E-state index in [0.29, 0.717) is 12.4 Å². The molecular weight excluding hydrogens is 366 g/mol. The highest BCUT2D eigenvalue weighted by molar-refractivity contribution is 5.92. The summed E-state index contributed by atoms with van der Waals surface area (Å²) in [5.41, 5.74) is 3.38.